The fourth-order valence-corrected chi connectivity index (χ4v) is 5.11. The number of nitrogens with zero attached hydrogens (tertiary/aromatic N) is 3. The number of ether oxygens (including phenoxy) is 1. The van der Waals surface area contributed by atoms with Gasteiger partial charge in [-0.15, -0.1) is 0 Å². The molecule has 3 aliphatic heterocycles. The minimum absolute atomic E-state index is 0.267. The molecule has 2 atom stereocenters. The maximum absolute atomic E-state index is 13.5. The van der Waals surface area contributed by atoms with Crippen molar-refractivity contribution in [1.82, 2.24) is 10.2 Å². The van der Waals surface area contributed by atoms with Crippen LogP contribution < -0.4 is 19.9 Å². The molecule has 31 heavy (non-hydrogen) atoms. The number of imide groups is 2. The molecule has 3 heterocycles. The van der Waals surface area contributed by atoms with Crippen LogP contribution in [0.1, 0.15) is 5.56 Å². The second-order valence-corrected chi connectivity index (χ2v) is 8.25. The average Bonchev–Trinajstić information content (AvgIpc) is 2.81. The van der Waals surface area contributed by atoms with E-state index in [2.05, 4.69) is 15.1 Å². The second-order valence-electron chi connectivity index (χ2n) is 8.25. The SMILES string of the molecule is COc1ccc(N2CCN3c4ccccc4C[C@]4(C(=O)NC(=O)N(C)C4=O)[C@H]3C2)cc1. The summed E-state index contributed by atoms with van der Waals surface area (Å²) in [6, 6.07) is 14.6. The predicted molar refractivity (Wildman–Crippen MR) is 115 cm³/mol. The Balaban J connectivity index is 1.59. The van der Waals surface area contributed by atoms with Gasteiger partial charge >= 0.3 is 6.03 Å². The van der Waals surface area contributed by atoms with Gasteiger partial charge in [-0.1, -0.05) is 18.2 Å². The lowest BCUT2D eigenvalue weighted by Gasteiger charge is -2.55. The minimum Gasteiger partial charge on any atom is -0.497 e. The number of rotatable bonds is 2. The van der Waals surface area contributed by atoms with E-state index in [0.29, 0.717) is 13.1 Å². The molecule has 0 radical (unpaired) electrons. The summed E-state index contributed by atoms with van der Waals surface area (Å²) in [5, 5.41) is 2.42. The molecule has 4 amide bonds. The number of anilines is 2. The molecule has 0 saturated carbocycles. The Morgan fingerprint density at radius 3 is 2.52 bits per heavy atom. The first kappa shape index (κ1) is 19.4. The summed E-state index contributed by atoms with van der Waals surface area (Å²) in [5.41, 5.74) is 1.64. The van der Waals surface area contributed by atoms with Crippen molar-refractivity contribution >= 4 is 29.2 Å². The molecule has 3 aliphatic rings. The van der Waals surface area contributed by atoms with Crippen LogP contribution >= 0.6 is 0 Å². The van der Waals surface area contributed by atoms with Gasteiger partial charge in [0.1, 0.15) is 5.75 Å². The largest absolute Gasteiger partial charge is 0.497 e. The highest BCUT2D eigenvalue weighted by atomic mass is 16.5. The molecule has 2 saturated heterocycles. The molecule has 5 rings (SSSR count). The average molecular weight is 420 g/mol. The van der Waals surface area contributed by atoms with Crippen molar-refractivity contribution in [3.05, 3.63) is 54.1 Å². The third kappa shape index (κ3) is 2.78. The van der Waals surface area contributed by atoms with Gasteiger partial charge in [-0.2, -0.15) is 0 Å². The summed E-state index contributed by atoms with van der Waals surface area (Å²) in [7, 11) is 3.06. The van der Waals surface area contributed by atoms with E-state index in [0.717, 1.165) is 34.1 Å². The van der Waals surface area contributed by atoms with E-state index < -0.39 is 29.3 Å². The second kappa shape index (κ2) is 7.01. The minimum atomic E-state index is -1.36. The van der Waals surface area contributed by atoms with Crippen LogP contribution in [0.15, 0.2) is 48.5 Å². The molecule has 160 valence electrons. The van der Waals surface area contributed by atoms with E-state index in [9.17, 15) is 14.4 Å². The number of amides is 4. The van der Waals surface area contributed by atoms with E-state index in [1.54, 1.807) is 7.11 Å². The summed E-state index contributed by atoms with van der Waals surface area (Å²) < 4.78 is 5.26. The molecule has 0 aromatic heterocycles. The first-order chi connectivity index (χ1) is 15.0. The molecule has 1 N–H and O–H groups in total. The van der Waals surface area contributed by atoms with Gasteiger partial charge in [0.2, 0.25) is 11.8 Å². The third-order valence-electron chi connectivity index (χ3n) is 6.77. The number of fused-ring (bicyclic) bond motifs is 4. The topological polar surface area (TPSA) is 82.2 Å². The van der Waals surface area contributed by atoms with E-state index in [4.69, 9.17) is 4.74 Å². The zero-order valence-corrected chi connectivity index (χ0v) is 17.5. The Morgan fingerprint density at radius 1 is 1.03 bits per heavy atom. The quantitative estimate of drug-likeness (QED) is 0.744. The molecule has 8 nitrogen and oxygen atoms in total. The number of hydrogen-bond acceptors (Lipinski definition) is 6. The summed E-state index contributed by atoms with van der Waals surface area (Å²) in [6.07, 6.45) is 0.267. The molecule has 2 fully saturated rings. The number of benzene rings is 2. The molecule has 1 spiro atoms. The van der Waals surface area contributed by atoms with Crippen molar-refractivity contribution in [3.8, 4) is 5.75 Å². The number of barbiturate groups is 1. The van der Waals surface area contributed by atoms with E-state index >= 15 is 0 Å². The number of carbonyl (C=O) groups is 3. The van der Waals surface area contributed by atoms with Crippen LogP contribution in [0.25, 0.3) is 0 Å². The fourth-order valence-electron chi connectivity index (χ4n) is 5.11. The lowest BCUT2D eigenvalue weighted by atomic mass is 9.67. The Kier molecular flexibility index (Phi) is 4.39. The molecule has 0 aliphatic carbocycles. The molecule has 0 bridgehead atoms. The number of urea groups is 1. The van der Waals surface area contributed by atoms with E-state index in [1.807, 2.05) is 48.5 Å². The van der Waals surface area contributed by atoms with Crippen LogP contribution in [-0.2, 0) is 16.0 Å². The molecule has 0 unspecified atom stereocenters. The van der Waals surface area contributed by atoms with Gasteiger partial charge in [0.05, 0.1) is 13.2 Å². The monoisotopic (exact) mass is 420 g/mol. The molecule has 8 heteroatoms. The van der Waals surface area contributed by atoms with Crippen LogP contribution in [0, 0.1) is 5.41 Å². The Bertz CT molecular complexity index is 1070. The Morgan fingerprint density at radius 2 is 1.77 bits per heavy atom. The number of piperazine rings is 1. The fraction of sp³-hybridized carbons (Fsp3) is 0.348. The Labute approximate surface area is 180 Å². The van der Waals surface area contributed by atoms with Crippen molar-refractivity contribution in [2.24, 2.45) is 5.41 Å². The van der Waals surface area contributed by atoms with Crippen molar-refractivity contribution in [2.45, 2.75) is 12.5 Å². The lowest BCUT2D eigenvalue weighted by molar-refractivity contribution is -0.152. The highest BCUT2D eigenvalue weighted by Gasteiger charge is 2.62. The highest BCUT2D eigenvalue weighted by Crippen LogP contribution is 2.45. The van der Waals surface area contributed by atoms with Crippen LogP contribution in [0.2, 0.25) is 0 Å². The van der Waals surface area contributed by atoms with Crippen LogP contribution in [0.5, 0.6) is 5.75 Å². The number of nitrogens with one attached hydrogen (secondary N) is 1. The van der Waals surface area contributed by atoms with Gasteiger partial charge in [0, 0.05) is 38.1 Å². The van der Waals surface area contributed by atoms with Crippen LogP contribution in [0.4, 0.5) is 16.2 Å². The maximum atomic E-state index is 13.5. The van der Waals surface area contributed by atoms with Crippen molar-refractivity contribution in [2.75, 3.05) is 43.6 Å². The first-order valence-corrected chi connectivity index (χ1v) is 10.3. The van der Waals surface area contributed by atoms with Crippen molar-refractivity contribution in [1.29, 1.82) is 0 Å². The highest BCUT2D eigenvalue weighted by molar-refractivity contribution is 6.20. The van der Waals surface area contributed by atoms with Gasteiger partial charge < -0.3 is 14.5 Å². The number of carbonyl (C=O) groups excluding carboxylic acids is 3. The van der Waals surface area contributed by atoms with Crippen LogP contribution in [-0.4, -0.2) is 62.6 Å². The predicted octanol–water partition coefficient (Wildman–Crippen LogP) is 1.64. The van der Waals surface area contributed by atoms with Crippen LogP contribution in [0.3, 0.4) is 0 Å². The lowest BCUT2D eigenvalue weighted by Crippen LogP contribution is -2.74. The molecule has 2 aromatic carbocycles. The van der Waals surface area contributed by atoms with Gasteiger partial charge in [-0.3, -0.25) is 19.8 Å². The summed E-state index contributed by atoms with van der Waals surface area (Å²) in [4.78, 5) is 44.3. The molecular formula is C23H24N4O4. The van der Waals surface area contributed by atoms with Gasteiger partial charge in [-0.25, -0.2) is 4.79 Å². The van der Waals surface area contributed by atoms with E-state index in [-0.39, 0.29) is 6.42 Å². The van der Waals surface area contributed by atoms with Crippen molar-refractivity contribution in [3.63, 3.8) is 0 Å². The Hall–Kier alpha value is -3.55. The zero-order valence-electron chi connectivity index (χ0n) is 17.5. The summed E-state index contributed by atoms with van der Waals surface area (Å²) in [5.74, 6) is -0.184. The standard InChI is InChI=1S/C23H24N4O4/c1-25-21(29)23(20(28)24-22(25)30)13-15-5-3-4-6-18(15)27-12-11-26(14-19(23)27)16-7-9-17(31-2)10-8-16/h3-10,19H,11-14H2,1-2H3,(H,24,28,30)/t19-,23-/m1/s1. The number of para-hydroxylation sites is 1. The normalized spacial score (nSPS) is 25.3. The van der Waals surface area contributed by atoms with Gasteiger partial charge in [0.25, 0.3) is 0 Å². The third-order valence-corrected chi connectivity index (χ3v) is 6.77. The molecular weight excluding hydrogens is 396 g/mol. The van der Waals surface area contributed by atoms with E-state index in [1.165, 1.54) is 7.05 Å². The van der Waals surface area contributed by atoms with Gasteiger partial charge in [0.15, 0.2) is 5.41 Å². The number of hydrogen-bond donors (Lipinski definition) is 1. The van der Waals surface area contributed by atoms with Gasteiger partial charge in [-0.05, 0) is 42.3 Å². The molecule has 2 aromatic rings. The van der Waals surface area contributed by atoms with Crippen molar-refractivity contribution < 1.29 is 19.1 Å². The summed E-state index contributed by atoms with van der Waals surface area (Å²) >= 11 is 0. The first-order valence-electron chi connectivity index (χ1n) is 10.3. The maximum Gasteiger partial charge on any atom is 0.330 e. The summed E-state index contributed by atoms with van der Waals surface area (Å²) in [6.45, 7) is 1.90. The smallest absolute Gasteiger partial charge is 0.330 e. The zero-order chi connectivity index (χ0) is 21.8. The number of methoxy groups -OCH3 is 1.